The molecule has 2 amide bonds. The highest BCUT2D eigenvalue weighted by molar-refractivity contribution is 5.99. The summed E-state index contributed by atoms with van der Waals surface area (Å²) in [5.41, 5.74) is 2.01. The van der Waals surface area contributed by atoms with E-state index in [1.165, 1.54) is 18.2 Å². The average molecular weight is 410 g/mol. The molecule has 0 spiro atoms. The van der Waals surface area contributed by atoms with E-state index >= 15 is 0 Å². The Hall–Kier alpha value is -3.61. The second-order valence-corrected chi connectivity index (χ2v) is 6.78. The number of benzene rings is 2. The van der Waals surface area contributed by atoms with Gasteiger partial charge < -0.3 is 20.1 Å². The van der Waals surface area contributed by atoms with Crippen LogP contribution in [0.2, 0.25) is 0 Å². The normalized spacial score (nSPS) is 10.7. The van der Waals surface area contributed by atoms with Crippen molar-refractivity contribution in [3.8, 4) is 5.75 Å². The molecule has 7 nitrogen and oxygen atoms in total. The molecule has 0 saturated heterocycles. The van der Waals surface area contributed by atoms with Gasteiger partial charge >= 0.3 is 6.16 Å². The van der Waals surface area contributed by atoms with Crippen molar-refractivity contribution in [3.05, 3.63) is 71.8 Å². The van der Waals surface area contributed by atoms with Gasteiger partial charge in [-0.15, -0.1) is 0 Å². The molecule has 2 N–H and O–H groups in total. The van der Waals surface area contributed by atoms with Gasteiger partial charge in [0.25, 0.3) is 5.91 Å². The zero-order valence-electron chi connectivity index (χ0n) is 17.3. The minimum atomic E-state index is -0.787. The summed E-state index contributed by atoms with van der Waals surface area (Å²) in [7, 11) is 0. The van der Waals surface area contributed by atoms with E-state index in [9.17, 15) is 14.4 Å². The van der Waals surface area contributed by atoms with Gasteiger partial charge in [-0.05, 0) is 60.9 Å². The van der Waals surface area contributed by atoms with Crippen LogP contribution in [0.5, 0.6) is 5.75 Å². The summed E-state index contributed by atoms with van der Waals surface area (Å²) in [5.74, 6) is 0.169. The largest absolute Gasteiger partial charge is 0.513 e. The molecule has 0 aliphatic heterocycles. The molecule has 0 atom stereocenters. The molecular formula is C23H26N2O5. The molecule has 2 aromatic rings. The van der Waals surface area contributed by atoms with E-state index in [-0.39, 0.29) is 18.4 Å². The van der Waals surface area contributed by atoms with Crippen LogP contribution in [0, 0.1) is 5.92 Å². The van der Waals surface area contributed by atoms with Crippen LogP contribution < -0.4 is 15.4 Å². The molecule has 0 aliphatic rings. The van der Waals surface area contributed by atoms with Gasteiger partial charge in [-0.2, -0.15) is 0 Å². The lowest BCUT2D eigenvalue weighted by molar-refractivity contribution is -0.111. The summed E-state index contributed by atoms with van der Waals surface area (Å²) in [5, 5.41) is 5.60. The lowest BCUT2D eigenvalue weighted by atomic mass is 10.1. The number of ether oxygens (including phenoxy) is 2. The van der Waals surface area contributed by atoms with Gasteiger partial charge in [0.05, 0.1) is 6.61 Å². The van der Waals surface area contributed by atoms with Crippen LogP contribution in [-0.2, 0) is 16.1 Å². The lowest BCUT2D eigenvalue weighted by Gasteiger charge is -2.08. The van der Waals surface area contributed by atoms with Crippen LogP contribution in [0.25, 0.3) is 0 Å². The van der Waals surface area contributed by atoms with Gasteiger partial charge in [0.15, 0.2) is 0 Å². The fourth-order valence-corrected chi connectivity index (χ4v) is 2.37. The zero-order valence-corrected chi connectivity index (χ0v) is 17.3. The molecule has 0 aromatic heterocycles. The molecule has 2 aromatic carbocycles. The van der Waals surface area contributed by atoms with Crippen LogP contribution in [0.4, 0.5) is 10.5 Å². The smallest absolute Gasteiger partial charge is 0.434 e. The molecule has 0 fully saturated rings. The molecule has 7 heteroatoms. The van der Waals surface area contributed by atoms with E-state index in [0.717, 1.165) is 5.56 Å². The molecular weight excluding hydrogens is 384 g/mol. The summed E-state index contributed by atoms with van der Waals surface area (Å²) < 4.78 is 9.65. The molecule has 0 saturated carbocycles. The van der Waals surface area contributed by atoms with Crippen molar-refractivity contribution in [3.63, 3.8) is 0 Å². The third-order valence-electron chi connectivity index (χ3n) is 3.89. The van der Waals surface area contributed by atoms with Crippen LogP contribution >= 0.6 is 0 Å². The van der Waals surface area contributed by atoms with Crippen molar-refractivity contribution in [1.29, 1.82) is 0 Å². The second kappa shape index (κ2) is 11.4. The number of hydrogen-bond donors (Lipinski definition) is 2. The summed E-state index contributed by atoms with van der Waals surface area (Å²) >= 11 is 0. The highest BCUT2D eigenvalue weighted by Crippen LogP contribution is 2.14. The Labute approximate surface area is 176 Å². The lowest BCUT2D eigenvalue weighted by Crippen LogP contribution is -2.22. The first-order valence-electron chi connectivity index (χ1n) is 9.68. The molecule has 30 heavy (non-hydrogen) atoms. The number of carbonyl (C=O) groups is 3. The highest BCUT2D eigenvalue weighted by atomic mass is 16.7. The molecule has 0 heterocycles. The summed E-state index contributed by atoms with van der Waals surface area (Å²) in [4.78, 5) is 35.4. The van der Waals surface area contributed by atoms with Crippen molar-refractivity contribution in [2.45, 2.75) is 27.3 Å². The molecule has 0 unspecified atom stereocenters. The Morgan fingerprint density at radius 3 is 2.27 bits per heavy atom. The molecule has 0 bridgehead atoms. The van der Waals surface area contributed by atoms with E-state index in [1.54, 1.807) is 31.2 Å². The van der Waals surface area contributed by atoms with Gasteiger partial charge in [-0.3, -0.25) is 9.59 Å². The number of carbonyl (C=O) groups excluding carboxylic acids is 3. The number of amides is 2. The van der Waals surface area contributed by atoms with Crippen molar-refractivity contribution >= 4 is 23.7 Å². The van der Waals surface area contributed by atoms with Gasteiger partial charge in [-0.25, -0.2) is 4.79 Å². The maximum absolute atomic E-state index is 12.3. The van der Waals surface area contributed by atoms with Gasteiger partial charge in [0, 0.05) is 17.8 Å². The van der Waals surface area contributed by atoms with Crippen molar-refractivity contribution in [1.82, 2.24) is 5.32 Å². The number of nitrogens with one attached hydrogen (secondary N) is 2. The van der Waals surface area contributed by atoms with E-state index in [2.05, 4.69) is 10.6 Å². The Bertz CT molecular complexity index is 887. The molecule has 158 valence electrons. The summed E-state index contributed by atoms with van der Waals surface area (Å²) in [6.07, 6.45) is 2.56. The fourth-order valence-electron chi connectivity index (χ4n) is 2.37. The number of rotatable bonds is 8. The van der Waals surface area contributed by atoms with Gasteiger partial charge in [-0.1, -0.05) is 32.1 Å². The van der Waals surface area contributed by atoms with Gasteiger partial charge in [0.1, 0.15) is 5.75 Å². The zero-order chi connectivity index (χ0) is 21.9. The van der Waals surface area contributed by atoms with Crippen LogP contribution in [0.1, 0.15) is 36.7 Å². The van der Waals surface area contributed by atoms with Crippen LogP contribution in [-0.4, -0.2) is 24.6 Å². The van der Waals surface area contributed by atoms with Gasteiger partial charge in [0.2, 0.25) is 5.91 Å². The minimum absolute atomic E-state index is 0.180. The third-order valence-corrected chi connectivity index (χ3v) is 3.89. The topological polar surface area (TPSA) is 93.7 Å². The van der Waals surface area contributed by atoms with E-state index in [4.69, 9.17) is 9.47 Å². The SMILES string of the molecule is CCOC(=O)Oc1ccc(C(=O)NCc2ccc(NC(=O)/C=C/C(C)C)cc2)cc1. The predicted molar refractivity (Wildman–Crippen MR) is 114 cm³/mol. The maximum atomic E-state index is 12.3. The Kier molecular flexibility index (Phi) is 8.62. The Balaban J connectivity index is 1.84. The standard InChI is InChI=1S/C23H26N2O5/c1-4-29-23(28)30-20-12-8-18(9-13-20)22(27)24-15-17-6-10-19(11-7-17)25-21(26)14-5-16(2)3/h5-14,16H,4,15H2,1-3H3,(H,24,27)(H,25,26)/b14-5+. The van der Waals surface area contributed by atoms with E-state index < -0.39 is 6.16 Å². The molecule has 0 radical (unpaired) electrons. The van der Waals surface area contributed by atoms with E-state index in [0.29, 0.717) is 29.5 Å². The number of allylic oxidation sites excluding steroid dienone is 1. The first-order chi connectivity index (χ1) is 14.4. The minimum Gasteiger partial charge on any atom is -0.434 e. The Morgan fingerprint density at radius 2 is 1.67 bits per heavy atom. The first-order valence-corrected chi connectivity index (χ1v) is 9.68. The van der Waals surface area contributed by atoms with Crippen molar-refractivity contribution in [2.24, 2.45) is 5.92 Å². The fraction of sp³-hybridized carbons (Fsp3) is 0.261. The summed E-state index contributed by atoms with van der Waals surface area (Å²) in [6, 6.07) is 13.4. The quantitative estimate of drug-likeness (QED) is 0.384. The van der Waals surface area contributed by atoms with Crippen LogP contribution in [0.15, 0.2) is 60.7 Å². The highest BCUT2D eigenvalue weighted by Gasteiger charge is 2.08. The number of hydrogen-bond acceptors (Lipinski definition) is 5. The summed E-state index contributed by atoms with van der Waals surface area (Å²) in [6.45, 7) is 6.24. The van der Waals surface area contributed by atoms with Crippen LogP contribution in [0.3, 0.4) is 0 Å². The van der Waals surface area contributed by atoms with E-state index in [1.807, 2.05) is 32.1 Å². The number of anilines is 1. The monoisotopic (exact) mass is 410 g/mol. The Morgan fingerprint density at radius 1 is 1.00 bits per heavy atom. The van der Waals surface area contributed by atoms with Crippen molar-refractivity contribution < 1.29 is 23.9 Å². The third kappa shape index (κ3) is 7.79. The predicted octanol–water partition coefficient (Wildman–Crippen LogP) is 4.30. The molecule has 2 rings (SSSR count). The average Bonchev–Trinajstić information content (AvgIpc) is 2.72. The second-order valence-electron chi connectivity index (χ2n) is 6.78. The first kappa shape index (κ1) is 22.7. The maximum Gasteiger partial charge on any atom is 0.513 e. The van der Waals surface area contributed by atoms with Crippen molar-refractivity contribution in [2.75, 3.05) is 11.9 Å². The molecule has 0 aliphatic carbocycles.